The van der Waals surface area contributed by atoms with Crippen molar-refractivity contribution in [1.82, 2.24) is 9.80 Å². The van der Waals surface area contributed by atoms with Gasteiger partial charge in [-0.15, -0.1) is 0 Å². The van der Waals surface area contributed by atoms with E-state index in [9.17, 15) is 0 Å². The molecule has 0 radical (unpaired) electrons. The molecule has 2 N–H and O–H groups in total. The first-order valence-corrected chi connectivity index (χ1v) is 9.48. The summed E-state index contributed by atoms with van der Waals surface area (Å²) < 4.78 is 0. The highest BCUT2D eigenvalue weighted by atomic mass is 15.3. The van der Waals surface area contributed by atoms with Crippen LogP contribution in [0.2, 0.25) is 0 Å². The largest absolute Gasteiger partial charge is 0.329 e. The Kier molecular flexibility index (Phi) is 5.23. The van der Waals surface area contributed by atoms with Gasteiger partial charge in [0.25, 0.3) is 0 Å². The number of likely N-dealkylation sites (tertiary alicyclic amines) is 2. The summed E-state index contributed by atoms with van der Waals surface area (Å²) in [6, 6.07) is 0.855. The zero-order valence-electron chi connectivity index (χ0n) is 14.0. The van der Waals surface area contributed by atoms with Crippen molar-refractivity contribution in [3.8, 4) is 0 Å². The molecule has 0 spiro atoms. The van der Waals surface area contributed by atoms with Crippen LogP contribution >= 0.6 is 0 Å². The molecule has 2 atom stereocenters. The lowest BCUT2D eigenvalue weighted by Crippen LogP contribution is -2.65. The number of fused-ring (bicyclic) bond motifs is 1. The molecular weight excluding hydrogens is 258 g/mol. The molecule has 0 aromatic heterocycles. The van der Waals surface area contributed by atoms with Gasteiger partial charge in [-0.3, -0.25) is 4.90 Å². The number of nitrogens with two attached hydrogens (primary N) is 1. The minimum atomic E-state index is 0.324. The molecule has 0 aromatic rings. The van der Waals surface area contributed by atoms with Gasteiger partial charge in [0.05, 0.1) is 0 Å². The highest BCUT2D eigenvalue weighted by molar-refractivity contribution is 5.02. The third-order valence-electron chi connectivity index (χ3n) is 6.56. The summed E-state index contributed by atoms with van der Waals surface area (Å²) in [5.41, 5.74) is 6.67. The van der Waals surface area contributed by atoms with Gasteiger partial charge in [-0.2, -0.15) is 0 Å². The van der Waals surface area contributed by atoms with E-state index in [1.54, 1.807) is 0 Å². The van der Waals surface area contributed by atoms with Crippen molar-refractivity contribution < 1.29 is 0 Å². The number of hydrogen-bond donors (Lipinski definition) is 1. The summed E-state index contributed by atoms with van der Waals surface area (Å²) in [5.74, 6) is 0.976. The van der Waals surface area contributed by atoms with Gasteiger partial charge in [0.2, 0.25) is 0 Å². The molecule has 2 heterocycles. The lowest BCUT2D eigenvalue weighted by molar-refractivity contribution is -0.0541. The van der Waals surface area contributed by atoms with Gasteiger partial charge in [-0.1, -0.05) is 19.8 Å². The van der Waals surface area contributed by atoms with Crippen molar-refractivity contribution in [1.29, 1.82) is 0 Å². The van der Waals surface area contributed by atoms with E-state index in [2.05, 4.69) is 16.7 Å². The van der Waals surface area contributed by atoms with Gasteiger partial charge >= 0.3 is 0 Å². The molecule has 0 amide bonds. The maximum atomic E-state index is 6.35. The summed E-state index contributed by atoms with van der Waals surface area (Å²) in [6.45, 7) is 8.27. The van der Waals surface area contributed by atoms with E-state index >= 15 is 0 Å². The Morgan fingerprint density at radius 1 is 1.00 bits per heavy atom. The topological polar surface area (TPSA) is 32.5 Å². The molecular formula is C18H35N3. The van der Waals surface area contributed by atoms with E-state index < -0.39 is 0 Å². The van der Waals surface area contributed by atoms with Crippen LogP contribution in [0.25, 0.3) is 0 Å². The van der Waals surface area contributed by atoms with E-state index in [1.165, 1.54) is 84.0 Å². The van der Waals surface area contributed by atoms with Crippen LogP contribution in [-0.2, 0) is 0 Å². The van der Waals surface area contributed by atoms with Crippen molar-refractivity contribution in [2.24, 2.45) is 11.7 Å². The molecule has 0 bridgehead atoms. The van der Waals surface area contributed by atoms with E-state index in [-0.39, 0.29) is 0 Å². The third-order valence-corrected chi connectivity index (χ3v) is 6.56. The van der Waals surface area contributed by atoms with E-state index in [1.807, 2.05) is 0 Å². The maximum absolute atomic E-state index is 6.35. The van der Waals surface area contributed by atoms with Crippen molar-refractivity contribution in [2.75, 3.05) is 32.7 Å². The van der Waals surface area contributed by atoms with Crippen LogP contribution in [-0.4, -0.2) is 54.1 Å². The fourth-order valence-corrected chi connectivity index (χ4v) is 5.33. The second-order valence-corrected chi connectivity index (χ2v) is 7.72. The summed E-state index contributed by atoms with van der Waals surface area (Å²) in [7, 11) is 0. The molecule has 3 rings (SSSR count). The van der Waals surface area contributed by atoms with Crippen LogP contribution in [0.1, 0.15) is 64.7 Å². The highest BCUT2D eigenvalue weighted by Crippen LogP contribution is 2.41. The Morgan fingerprint density at radius 2 is 1.71 bits per heavy atom. The van der Waals surface area contributed by atoms with Gasteiger partial charge in [0.15, 0.2) is 0 Å². The van der Waals surface area contributed by atoms with E-state index in [0.29, 0.717) is 5.54 Å². The van der Waals surface area contributed by atoms with Crippen molar-refractivity contribution in [3.05, 3.63) is 0 Å². The zero-order valence-corrected chi connectivity index (χ0v) is 14.0. The first-order valence-electron chi connectivity index (χ1n) is 9.48. The Hall–Kier alpha value is -0.120. The quantitative estimate of drug-likeness (QED) is 0.865. The van der Waals surface area contributed by atoms with Crippen LogP contribution in [0.3, 0.4) is 0 Å². The molecule has 0 aromatic carbocycles. The normalized spacial score (nSPS) is 34.6. The Bertz CT molecular complexity index is 320. The standard InChI is InChI=1S/C18H35N3/c1-2-11-20-13-9-18(15-19,10-14-20)21-12-5-7-16-6-3-4-8-17(16)21/h16-17H,2-15,19H2,1H3. The summed E-state index contributed by atoms with van der Waals surface area (Å²) >= 11 is 0. The highest BCUT2D eigenvalue weighted by Gasteiger charge is 2.45. The zero-order chi connectivity index (χ0) is 14.7. The molecule has 1 aliphatic carbocycles. The molecule has 21 heavy (non-hydrogen) atoms. The number of nitrogens with zero attached hydrogens (tertiary/aromatic N) is 2. The second-order valence-electron chi connectivity index (χ2n) is 7.72. The summed E-state index contributed by atoms with van der Waals surface area (Å²) in [5, 5.41) is 0. The van der Waals surface area contributed by atoms with Crippen molar-refractivity contribution in [2.45, 2.75) is 76.3 Å². The predicted octanol–water partition coefficient (Wildman–Crippen LogP) is 2.84. The van der Waals surface area contributed by atoms with Gasteiger partial charge in [-0.05, 0) is 77.0 Å². The molecule has 122 valence electrons. The van der Waals surface area contributed by atoms with Gasteiger partial charge in [-0.25, -0.2) is 0 Å². The van der Waals surface area contributed by atoms with Crippen LogP contribution in [0.5, 0.6) is 0 Å². The summed E-state index contributed by atoms with van der Waals surface area (Å²) in [4.78, 5) is 5.56. The van der Waals surface area contributed by atoms with Crippen LogP contribution < -0.4 is 5.73 Å². The number of piperidine rings is 2. The molecule has 2 saturated heterocycles. The Morgan fingerprint density at radius 3 is 2.43 bits per heavy atom. The average Bonchev–Trinajstić information content (AvgIpc) is 2.56. The molecule has 3 heteroatoms. The van der Waals surface area contributed by atoms with Crippen LogP contribution in [0.15, 0.2) is 0 Å². The average molecular weight is 293 g/mol. The minimum Gasteiger partial charge on any atom is -0.329 e. The fraction of sp³-hybridized carbons (Fsp3) is 1.00. The van der Waals surface area contributed by atoms with E-state index in [0.717, 1.165) is 18.5 Å². The predicted molar refractivity (Wildman–Crippen MR) is 89.4 cm³/mol. The number of rotatable bonds is 4. The van der Waals surface area contributed by atoms with Crippen molar-refractivity contribution >= 4 is 0 Å². The fourth-order valence-electron chi connectivity index (χ4n) is 5.33. The lowest BCUT2D eigenvalue weighted by atomic mass is 9.74. The monoisotopic (exact) mass is 293 g/mol. The molecule has 3 nitrogen and oxygen atoms in total. The van der Waals surface area contributed by atoms with Crippen LogP contribution in [0.4, 0.5) is 0 Å². The van der Waals surface area contributed by atoms with Gasteiger partial charge < -0.3 is 10.6 Å². The minimum absolute atomic E-state index is 0.324. The lowest BCUT2D eigenvalue weighted by Gasteiger charge is -2.56. The molecule has 1 saturated carbocycles. The van der Waals surface area contributed by atoms with Crippen molar-refractivity contribution in [3.63, 3.8) is 0 Å². The molecule has 3 fully saturated rings. The Balaban J connectivity index is 1.70. The molecule has 2 aliphatic heterocycles. The van der Waals surface area contributed by atoms with Gasteiger partial charge in [0, 0.05) is 18.1 Å². The SMILES string of the molecule is CCCN1CCC(CN)(N2CCCC3CCCCC32)CC1. The molecule has 2 unspecified atom stereocenters. The smallest absolute Gasteiger partial charge is 0.0359 e. The summed E-state index contributed by atoms with van der Waals surface area (Å²) in [6.07, 6.45) is 12.6. The maximum Gasteiger partial charge on any atom is 0.0359 e. The first kappa shape index (κ1) is 15.8. The Labute approximate surface area is 131 Å². The molecule has 3 aliphatic rings. The first-order chi connectivity index (χ1) is 10.3. The number of hydrogen-bond acceptors (Lipinski definition) is 3. The van der Waals surface area contributed by atoms with Crippen LogP contribution in [0, 0.1) is 5.92 Å². The third kappa shape index (κ3) is 3.16. The van der Waals surface area contributed by atoms with Gasteiger partial charge in [0.1, 0.15) is 0 Å². The van der Waals surface area contributed by atoms with E-state index in [4.69, 9.17) is 5.73 Å². The second kappa shape index (κ2) is 6.97.